The molecule has 1 aliphatic carbocycles. The number of carbonyl (C=O) groups is 1. The quantitative estimate of drug-likeness (QED) is 0.742. The first-order chi connectivity index (χ1) is 6.18. The summed E-state index contributed by atoms with van der Waals surface area (Å²) in [5.74, 6) is -0.492. The molecule has 1 saturated carbocycles. The van der Waals surface area contributed by atoms with Crippen molar-refractivity contribution in [1.82, 2.24) is 9.97 Å². The molecule has 0 unspecified atom stereocenters. The monoisotopic (exact) mass is 178 g/mol. The van der Waals surface area contributed by atoms with E-state index in [4.69, 9.17) is 5.11 Å². The Hall–Kier alpha value is -1.45. The molecule has 0 bridgehead atoms. The lowest BCUT2D eigenvalue weighted by atomic mass is 10.2. The van der Waals surface area contributed by atoms with E-state index in [2.05, 4.69) is 9.97 Å². The summed E-state index contributed by atoms with van der Waals surface area (Å²) in [6.07, 6.45) is 3.65. The second-order valence-electron chi connectivity index (χ2n) is 3.31. The van der Waals surface area contributed by atoms with Crippen LogP contribution in [0.3, 0.4) is 0 Å². The summed E-state index contributed by atoms with van der Waals surface area (Å²) in [4.78, 5) is 18.6. The molecule has 1 N–H and O–H groups in total. The van der Waals surface area contributed by atoms with Gasteiger partial charge in [-0.3, -0.25) is 4.98 Å². The minimum Gasteiger partial charge on any atom is -0.476 e. The van der Waals surface area contributed by atoms with E-state index in [1.807, 2.05) is 6.92 Å². The zero-order valence-electron chi connectivity index (χ0n) is 7.32. The molecule has 0 radical (unpaired) electrons. The van der Waals surface area contributed by atoms with Crippen molar-refractivity contribution in [3.8, 4) is 0 Å². The summed E-state index contributed by atoms with van der Waals surface area (Å²) in [5, 5.41) is 8.65. The maximum atomic E-state index is 10.5. The van der Waals surface area contributed by atoms with E-state index in [1.165, 1.54) is 6.20 Å². The van der Waals surface area contributed by atoms with Crippen molar-refractivity contribution in [2.24, 2.45) is 0 Å². The van der Waals surface area contributed by atoms with Crippen LogP contribution in [0.5, 0.6) is 0 Å². The highest BCUT2D eigenvalue weighted by molar-refractivity contribution is 5.84. The van der Waals surface area contributed by atoms with Gasteiger partial charge in [0.1, 0.15) is 0 Å². The van der Waals surface area contributed by atoms with Gasteiger partial charge in [-0.15, -0.1) is 0 Å². The van der Waals surface area contributed by atoms with Gasteiger partial charge in [-0.1, -0.05) is 0 Å². The zero-order valence-corrected chi connectivity index (χ0v) is 7.32. The molecule has 68 valence electrons. The van der Waals surface area contributed by atoms with Crippen molar-refractivity contribution < 1.29 is 9.90 Å². The van der Waals surface area contributed by atoms with Crippen molar-refractivity contribution >= 4 is 5.97 Å². The van der Waals surface area contributed by atoms with Crippen LogP contribution in [0.25, 0.3) is 0 Å². The molecule has 0 amide bonds. The van der Waals surface area contributed by atoms with Crippen molar-refractivity contribution in [1.29, 1.82) is 0 Å². The predicted octanol–water partition coefficient (Wildman–Crippen LogP) is 1.36. The molecule has 0 atom stereocenters. The first kappa shape index (κ1) is 8.16. The number of hydrogen-bond donors (Lipinski definition) is 1. The van der Waals surface area contributed by atoms with Gasteiger partial charge >= 0.3 is 5.97 Å². The molecule has 4 nitrogen and oxygen atoms in total. The van der Waals surface area contributed by atoms with Gasteiger partial charge in [-0.05, 0) is 19.8 Å². The molecular weight excluding hydrogens is 168 g/mol. The molecule has 0 aromatic carbocycles. The van der Waals surface area contributed by atoms with Crippen molar-refractivity contribution in [3.63, 3.8) is 0 Å². The van der Waals surface area contributed by atoms with Crippen molar-refractivity contribution in [2.75, 3.05) is 0 Å². The Morgan fingerprint density at radius 2 is 2.31 bits per heavy atom. The molecule has 0 aliphatic heterocycles. The molecule has 1 aliphatic rings. The summed E-state index contributed by atoms with van der Waals surface area (Å²) in [6, 6.07) is 0. The van der Waals surface area contributed by atoms with Gasteiger partial charge in [0.15, 0.2) is 5.69 Å². The fraction of sp³-hybridized carbons (Fsp3) is 0.444. The maximum absolute atomic E-state index is 10.5. The van der Waals surface area contributed by atoms with Gasteiger partial charge in [0.05, 0.1) is 17.6 Å². The molecule has 1 aromatic rings. The second-order valence-corrected chi connectivity index (χ2v) is 3.31. The first-order valence-corrected chi connectivity index (χ1v) is 4.25. The lowest BCUT2D eigenvalue weighted by molar-refractivity contribution is 0.0689. The standard InChI is InChI=1S/C9H10N2O2/c1-5-8(6-2-3-6)10-4-7(11-5)9(12)13/h4,6H,2-3H2,1H3,(H,12,13). The number of rotatable bonds is 2. The van der Waals surface area contributed by atoms with Crippen LogP contribution in [0.15, 0.2) is 6.20 Å². The molecule has 1 fully saturated rings. The Bertz CT molecular complexity index is 359. The van der Waals surface area contributed by atoms with Crippen LogP contribution in [0, 0.1) is 6.92 Å². The third-order valence-corrected chi connectivity index (χ3v) is 2.17. The normalized spacial score (nSPS) is 15.8. The number of carboxylic acids is 1. The average Bonchev–Trinajstić information content (AvgIpc) is 2.87. The van der Waals surface area contributed by atoms with Gasteiger partial charge in [-0.2, -0.15) is 0 Å². The molecule has 1 aromatic heterocycles. The summed E-state index contributed by atoms with van der Waals surface area (Å²) < 4.78 is 0. The topological polar surface area (TPSA) is 63.1 Å². The van der Waals surface area contributed by atoms with E-state index >= 15 is 0 Å². The van der Waals surface area contributed by atoms with Gasteiger partial charge in [0.25, 0.3) is 0 Å². The Labute approximate surface area is 75.6 Å². The number of aromatic carboxylic acids is 1. The molecule has 1 heterocycles. The molecule has 4 heteroatoms. The first-order valence-electron chi connectivity index (χ1n) is 4.25. The highest BCUT2D eigenvalue weighted by atomic mass is 16.4. The number of nitrogens with zero attached hydrogens (tertiary/aromatic N) is 2. The zero-order chi connectivity index (χ0) is 9.42. The Balaban J connectivity index is 2.36. The molecule has 0 spiro atoms. The SMILES string of the molecule is Cc1nc(C(=O)O)cnc1C1CC1. The lowest BCUT2D eigenvalue weighted by Gasteiger charge is -2.01. The van der Waals surface area contributed by atoms with Crippen LogP contribution in [0.1, 0.15) is 40.6 Å². The van der Waals surface area contributed by atoms with Crippen LogP contribution in [0.2, 0.25) is 0 Å². The fourth-order valence-corrected chi connectivity index (χ4v) is 1.35. The summed E-state index contributed by atoms with van der Waals surface area (Å²) in [5.41, 5.74) is 1.74. The Morgan fingerprint density at radius 3 is 2.77 bits per heavy atom. The van der Waals surface area contributed by atoms with Crippen molar-refractivity contribution in [2.45, 2.75) is 25.7 Å². The predicted molar refractivity (Wildman–Crippen MR) is 45.7 cm³/mol. The summed E-state index contributed by atoms with van der Waals surface area (Å²) >= 11 is 0. The van der Waals surface area contributed by atoms with Gasteiger partial charge in [-0.25, -0.2) is 9.78 Å². The molecule has 0 saturated heterocycles. The number of aryl methyl sites for hydroxylation is 1. The molecule has 13 heavy (non-hydrogen) atoms. The highest BCUT2D eigenvalue weighted by Crippen LogP contribution is 2.39. The third kappa shape index (κ3) is 1.52. The third-order valence-electron chi connectivity index (χ3n) is 2.17. The van der Waals surface area contributed by atoms with Crippen LogP contribution >= 0.6 is 0 Å². The van der Waals surface area contributed by atoms with E-state index in [-0.39, 0.29) is 5.69 Å². The number of aromatic nitrogens is 2. The van der Waals surface area contributed by atoms with E-state index in [9.17, 15) is 4.79 Å². The number of carboxylic acid groups (broad SMARTS) is 1. The van der Waals surface area contributed by atoms with E-state index in [1.54, 1.807) is 0 Å². The maximum Gasteiger partial charge on any atom is 0.356 e. The minimum absolute atomic E-state index is 0.0295. The Morgan fingerprint density at radius 1 is 1.62 bits per heavy atom. The largest absolute Gasteiger partial charge is 0.476 e. The summed E-state index contributed by atoms with van der Waals surface area (Å²) in [7, 11) is 0. The summed E-state index contributed by atoms with van der Waals surface area (Å²) in [6.45, 7) is 1.81. The number of hydrogen-bond acceptors (Lipinski definition) is 3. The Kier molecular flexibility index (Phi) is 1.76. The van der Waals surface area contributed by atoms with Gasteiger partial charge in [0, 0.05) is 5.92 Å². The van der Waals surface area contributed by atoms with Crippen LogP contribution in [0.4, 0.5) is 0 Å². The fourth-order valence-electron chi connectivity index (χ4n) is 1.35. The highest BCUT2D eigenvalue weighted by Gasteiger charge is 2.27. The lowest BCUT2D eigenvalue weighted by Crippen LogP contribution is -2.05. The smallest absolute Gasteiger partial charge is 0.356 e. The van der Waals surface area contributed by atoms with Crippen LogP contribution in [-0.2, 0) is 0 Å². The average molecular weight is 178 g/mol. The minimum atomic E-state index is -1.02. The van der Waals surface area contributed by atoms with Gasteiger partial charge in [0.2, 0.25) is 0 Å². The molecule has 2 rings (SSSR count). The van der Waals surface area contributed by atoms with Crippen molar-refractivity contribution in [3.05, 3.63) is 23.3 Å². The van der Waals surface area contributed by atoms with E-state index < -0.39 is 5.97 Å². The molecular formula is C9H10N2O2. The van der Waals surface area contributed by atoms with Crippen LogP contribution < -0.4 is 0 Å². The van der Waals surface area contributed by atoms with Crippen LogP contribution in [-0.4, -0.2) is 21.0 Å². The van der Waals surface area contributed by atoms with E-state index in [0.717, 1.165) is 24.2 Å². The second kappa shape index (κ2) is 2.80. The van der Waals surface area contributed by atoms with Gasteiger partial charge < -0.3 is 5.11 Å². The van der Waals surface area contributed by atoms with E-state index in [0.29, 0.717) is 5.92 Å².